The van der Waals surface area contributed by atoms with Crippen LogP contribution in [0, 0.1) is 6.92 Å². The number of nitrogens with zero attached hydrogens (tertiary/aromatic N) is 4. The number of piperazine rings is 1. The zero-order valence-corrected chi connectivity index (χ0v) is 20.8. The molecular formula is C26H31ClN4O3. The summed E-state index contributed by atoms with van der Waals surface area (Å²) in [6, 6.07) is 13.2. The van der Waals surface area contributed by atoms with Crippen molar-refractivity contribution in [1.29, 1.82) is 0 Å². The van der Waals surface area contributed by atoms with Crippen LogP contribution in [0.4, 0.5) is 5.69 Å². The van der Waals surface area contributed by atoms with Crippen molar-refractivity contribution in [2.24, 2.45) is 0 Å². The van der Waals surface area contributed by atoms with E-state index in [1.165, 1.54) is 7.11 Å². The number of halogens is 1. The Morgan fingerprint density at radius 1 is 1.00 bits per heavy atom. The lowest BCUT2D eigenvalue weighted by molar-refractivity contribution is -0.147. The highest BCUT2D eigenvalue weighted by molar-refractivity contribution is 6.30. The summed E-state index contributed by atoms with van der Waals surface area (Å²) in [5.41, 5.74) is 3.88. The second kappa shape index (κ2) is 10.1. The Balaban J connectivity index is 1.49. The number of anilines is 1. The Kier molecular flexibility index (Phi) is 7.14. The highest BCUT2D eigenvalue weighted by atomic mass is 35.5. The van der Waals surface area contributed by atoms with Gasteiger partial charge >= 0.3 is 11.7 Å². The molecule has 7 nitrogen and oxygen atoms in total. The van der Waals surface area contributed by atoms with Crippen LogP contribution in [-0.2, 0) is 9.53 Å². The maximum Gasteiger partial charge on any atom is 0.332 e. The molecule has 34 heavy (non-hydrogen) atoms. The minimum Gasteiger partial charge on any atom is -0.468 e. The molecule has 1 aromatic heterocycles. The number of hydrogen-bond acceptors (Lipinski definition) is 5. The fraction of sp³-hybridized carbons (Fsp3) is 0.385. The SMILES string of the molecule is COC(=O)C(c1ccc(Cl)cc1)N1CCN(c2ccc(-n3ccn(C(C)C)c3=O)c(C)c2)CC1. The summed E-state index contributed by atoms with van der Waals surface area (Å²) in [5, 5.41) is 0.638. The van der Waals surface area contributed by atoms with E-state index in [4.69, 9.17) is 16.3 Å². The first-order valence-corrected chi connectivity index (χ1v) is 11.9. The molecule has 1 aliphatic rings. The molecule has 0 amide bonds. The average molecular weight is 483 g/mol. The molecule has 8 heteroatoms. The van der Waals surface area contributed by atoms with Gasteiger partial charge in [0.15, 0.2) is 0 Å². The van der Waals surface area contributed by atoms with Crippen LogP contribution in [0.2, 0.25) is 5.02 Å². The van der Waals surface area contributed by atoms with Crippen LogP contribution >= 0.6 is 11.6 Å². The zero-order valence-electron chi connectivity index (χ0n) is 20.1. The van der Waals surface area contributed by atoms with Crippen molar-refractivity contribution in [3.8, 4) is 5.69 Å². The van der Waals surface area contributed by atoms with E-state index in [1.807, 2.05) is 51.4 Å². The fourth-order valence-corrected chi connectivity index (χ4v) is 4.69. The summed E-state index contributed by atoms with van der Waals surface area (Å²) in [5.74, 6) is -0.269. The van der Waals surface area contributed by atoms with Crippen molar-refractivity contribution in [3.63, 3.8) is 0 Å². The van der Waals surface area contributed by atoms with Crippen molar-refractivity contribution in [1.82, 2.24) is 14.0 Å². The van der Waals surface area contributed by atoms with E-state index in [0.29, 0.717) is 5.02 Å². The molecule has 0 spiro atoms. The Morgan fingerprint density at radius 3 is 2.24 bits per heavy atom. The number of rotatable bonds is 6. The Labute approximate surface area is 205 Å². The van der Waals surface area contributed by atoms with E-state index in [9.17, 15) is 9.59 Å². The Bertz CT molecular complexity index is 1210. The molecule has 4 rings (SSSR count). The lowest BCUT2D eigenvalue weighted by Gasteiger charge is -2.39. The molecule has 1 fully saturated rings. The third-order valence-corrected chi connectivity index (χ3v) is 6.71. The first-order chi connectivity index (χ1) is 16.3. The van der Waals surface area contributed by atoms with Gasteiger partial charge in [-0.05, 0) is 62.2 Å². The third-order valence-electron chi connectivity index (χ3n) is 6.45. The van der Waals surface area contributed by atoms with Gasteiger partial charge in [-0.25, -0.2) is 9.59 Å². The topological polar surface area (TPSA) is 59.7 Å². The first kappa shape index (κ1) is 24.1. The van der Waals surface area contributed by atoms with Crippen LogP contribution in [0.15, 0.2) is 59.7 Å². The molecule has 2 aromatic carbocycles. The van der Waals surface area contributed by atoms with Crippen molar-refractivity contribution >= 4 is 23.3 Å². The number of benzene rings is 2. The Hall–Kier alpha value is -3.03. The minimum atomic E-state index is -0.453. The molecule has 1 aliphatic heterocycles. The number of aryl methyl sites for hydroxylation is 1. The highest BCUT2D eigenvalue weighted by Gasteiger charge is 2.31. The number of carbonyl (C=O) groups excluding carboxylic acids is 1. The number of methoxy groups -OCH3 is 1. The molecule has 3 aromatic rings. The standard InChI is InChI=1S/C26H31ClN4O3/c1-18(2)30-15-16-31(26(30)33)23-10-9-22(17-19(23)3)28-11-13-29(14-12-28)24(25(32)34-4)20-5-7-21(27)8-6-20/h5-10,15-18,24H,11-14H2,1-4H3. The highest BCUT2D eigenvalue weighted by Crippen LogP contribution is 2.28. The second-order valence-corrected chi connectivity index (χ2v) is 9.36. The van der Waals surface area contributed by atoms with Gasteiger partial charge in [0.05, 0.1) is 12.8 Å². The van der Waals surface area contributed by atoms with Crippen molar-refractivity contribution in [3.05, 3.63) is 81.5 Å². The van der Waals surface area contributed by atoms with E-state index < -0.39 is 6.04 Å². The largest absolute Gasteiger partial charge is 0.468 e. The van der Waals surface area contributed by atoms with Gasteiger partial charge in [0, 0.05) is 55.3 Å². The van der Waals surface area contributed by atoms with Crippen LogP contribution in [0.3, 0.4) is 0 Å². The molecular weight excluding hydrogens is 452 g/mol. The second-order valence-electron chi connectivity index (χ2n) is 8.92. The summed E-state index contributed by atoms with van der Waals surface area (Å²) in [7, 11) is 1.42. The molecule has 0 saturated carbocycles. The monoisotopic (exact) mass is 482 g/mol. The van der Waals surface area contributed by atoms with Gasteiger partial charge in [0.1, 0.15) is 6.04 Å². The summed E-state index contributed by atoms with van der Waals surface area (Å²) in [6.07, 6.45) is 3.66. The van der Waals surface area contributed by atoms with E-state index in [0.717, 1.165) is 48.7 Å². The fourth-order valence-electron chi connectivity index (χ4n) is 4.56. The zero-order chi connectivity index (χ0) is 24.4. The van der Waals surface area contributed by atoms with Crippen molar-refractivity contribution in [2.75, 3.05) is 38.2 Å². The maximum atomic E-state index is 12.7. The molecule has 1 saturated heterocycles. The molecule has 0 bridgehead atoms. The van der Waals surface area contributed by atoms with Gasteiger partial charge in [-0.2, -0.15) is 0 Å². The number of hydrogen-bond donors (Lipinski definition) is 0. The van der Waals surface area contributed by atoms with E-state index in [1.54, 1.807) is 21.3 Å². The van der Waals surface area contributed by atoms with Gasteiger partial charge in [-0.15, -0.1) is 0 Å². The van der Waals surface area contributed by atoms with Crippen LogP contribution in [0.1, 0.15) is 37.1 Å². The minimum absolute atomic E-state index is 0.0319. The van der Waals surface area contributed by atoms with Crippen LogP contribution in [-0.4, -0.2) is 53.3 Å². The normalized spacial score (nSPS) is 15.5. The number of carbonyl (C=O) groups is 1. The van der Waals surface area contributed by atoms with Crippen molar-refractivity contribution < 1.29 is 9.53 Å². The van der Waals surface area contributed by atoms with Crippen LogP contribution < -0.4 is 10.6 Å². The predicted octanol–water partition coefficient (Wildman–Crippen LogP) is 4.22. The summed E-state index contributed by atoms with van der Waals surface area (Å²) >= 11 is 6.03. The molecule has 180 valence electrons. The molecule has 0 aliphatic carbocycles. The molecule has 0 radical (unpaired) electrons. The van der Waals surface area contributed by atoms with Crippen molar-refractivity contribution in [2.45, 2.75) is 32.9 Å². The van der Waals surface area contributed by atoms with Gasteiger partial charge in [-0.3, -0.25) is 14.0 Å². The maximum absolute atomic E-state index is 12.7. The molecule has 1 unspecified atom stereocenters. The smallest absolute Gasteiger partial charge is 0.332 e. The quantitative estimate of drug-likeness (QED) is 0.492. The van der Waals surface area contributed by atoms with Gasteiger partial charge in [-0.1, -0.05) is 23.7 Å². The summed E-state index contributed by atoms with van der Waals surface area (Å²) in [4.78, 5) is 29.8. The molecule has 1 atom stereocenters. The predicted molar refractivity (Wildman–Crippen MR) is 135 cm³/mol. The molecule has 0 N–H and O–H groups in total. The third kappa shape index (κ3) is 4.76. The van der Waals surface area contributed by atoms with Crippen LogP contribution in [0.5, 0.6) is 0 Å². The van der Waals surface area contributed by atoms with Gasteiger partial charge < -0.3 is 9.64 Å². The lowest BCUT2D eigenvalue weighted by Crippen LogP contribution is -2.49. The summed E-state index contributed by atoms with van der Waals surface area (Å²) < 4.78 is 8.53. The van der Waals surface area contributed by atoms with Gasteiger partial charge in [0.2, 0.25) is 0 Å². The van der Waals surface area contributed by atoms with E-state index in [2.05, 4.69) is 21.9 Å². The number of esters is 1. The van der Waals surface area contributed by atoms with Crippen LogP contribution in [0.25, 0.3) is 5.69 Å². The number of aromatic nitrogens is 2. The Morgan fingerprint density at radius 2 is 1.68 bits per heavy atom. The summed E-state index contributed by atoms with van der Waals surface area (Å²) in [6.45, 7) is 9.03. The average Bonchev–Trinajstić information content (AvgIpc) is 3.22. The van der Waals surface area contributed by atoms with Gasteiger partial charge in [0.25, 0.3) is 0 Å². The van der Waals surface area contributed by atoms with E-state index >= 15 is 0 Å². The number of ether oxygens (including phenoxy) is 1. The number of imidazole rings is 1. The molecule has 2 heterocycles. The van der Waals surface area contributed by atoms with E-state index in [-0.39, 0.29) is 17.7 Å². The first-order valence-electron chi connectivity index (χ1n) is 11.5. The lowest BCUT2D eigenvalue weighted by atomic mass is 10.0.